The number of methoxy groups -OCH3 is 1. The monoisotopic (exact) mass is 548 g/mol. The molecule has 3 atom stereocenters. The lowest BCUT2D eigenvalue weighted by atomic mass is 9.57. The topological polar surface area (TPSA) is 58.9 Å². The number of fused-ring (bicyclic) bond motifs is 2. The van der Waals surface area contributed by atoms with E-state index in [1.54, 1.807) is 13.2 Å². The molecular formula is C35H45FO4. The second-order valence-electron chi connectivity index (χ2n) is 12.7. The maximum absolute atomic E-state index is 15.3. The van der Waals surface area contributed by atoms with E-state index >= 15 is 4.39 Å². The summed E-state index contributed by atoms with van der Waals surface area (Å²) in [6.07, 6.45) is 12.2. The Morgan fingerprint density at radius 1 is 1.07 bits per heavy atom. The Labute approximate surface area is 239 Å². The van der Waals surface area contributed by atoms with E-state index in [0.717, 1.165) is 35.1 Å². The standard InChI is InChI=1S/C35H45FO4/c1-22(2)9-8-10-23(3)11-14-27-29(37)19-25(20-30(27)39-7)13-12-24-17-26-21-31-34(4,5)32(38)15-16-35(31,6)40-33(26)28(36)18-24/h9,11-13,17-20,31-32,37-38H,8,10,14-16,21H2,1-7H3/b13-12+,23-11+/t31-,32-,35-/m1/s1. The number of aliphatic hydroxyl groups excluding tert-OH is 1. The smallest absolute Gasteiger partial charge is 0.165 e. The molecule has 2 aromatic carbocycles. The van der Waals surface area contributed by atoms with Crippen molar-refractivity contribution in [1.29, 1.82) is 0 Å². The Morgan fingerprint density at radius 3 is 2.45 bits per heavy atom. The zero-order chi connectivity index (χ0) is 29.2. The first-order valence-corrected chi connectivity index (χ1v) is 14.4. The van der Waals surface area contributed by atoms with Crippen molar-refractivity contribution in [1.82, 2.24) is 0 Å². The fraction of sp³-hybridized carbons (Fsp3) is 0.486. The Balaban J connectivity index is 1.55. The van der Waals surface area contributed by atoms with Crippen molar-refractivity contribution in [2.45, 2.75) is 91.8 Å². The van der Waals surface area contributed by atoms with Crippen molar-refractivity contribution < 1.29 is 24.1 Å². The minimum absolute atomic E-state index is 0.0774. The largest absolute Gasteiger partial charge is 0.507 e. The van der Waals surface area contributed by atoms with E-state index in [9.17, 15) is 10.2 Å². The summed E-state index contributed by atoms with van der Waals surface area (Å²) in [5.74, 6) is 0.831. The first kappa shape index (κ1) is 29.9. The molecule has 2 N–H and O–H groups in total. The third-order valence-corrected chi connectivity index (χ3v) is 8.95. The Bertz CT molecular complexity index is 1330. The van der Waals surface area contributed by atoms with Gasteiger partial charge in [0, 0.05) is 11.5 Å². The molecule has 1 aliphatic carbocycles. The Hall–Kier alpha value is -3.05. The van der Waals surface area contributed by atoms with Gasteiger partial charge in [0.2, 0.25) is 0 Å². The number of rotatable bonds is 8. The van der Waals surface area contributed by atoms with Gasteiger partial charge >= 0.3 is 0 Å². The first-order valence-electron chi connectivity index (χ1n) is 14.4. The number of ether oxygens (including phenoxy) is 2. The highest BCUT2D eigenvalue weighted by atomic mass is 19.1. The molecule has 0 unspecified atom stereocenters. The molecule has 0 saturated heterocycles. The lowest BCUT2D eigenvalue weighted by Crippen LogP contribution is -2.58. The van der Waals surface area contributed by atoms with E-state index in [0.29, 0.717) is 37.2 Å². The molecule has 1 fully saturated rings. The summed E-state index contributed by atoms with van der Waals surface area (Å²) < 4.78 is 27.2. The summed E-state index contributed by atoms with van der Waals surface area (Å²) in [5, 5.41) is 21.5. The van der Waals surface area contributed by atoms with Crippen molar-refractivity contribution >= 4 is 12.2 Å². The number of allylic oxidation sites excluding steroid dienone is 4. The van der Waals surface area contributed by atoms with Gasteiger partial charge in [-0.15, -0.1) is 0 Å². The van der Waals surface area contributed by atoms with Gasteiger partial charge in [0.25, 0.3) is 0 Å². The summed E-state index contributed by atoms with van der Waals surface area (Å²) in [5.41, 5.74) is 4.82. The van der Waals surface area contributed by atoms with Crippen LogP contribution in [0.4, 0.5) is 4.39 Å². The number of aliphatic hydroxyl groups is 1. The molecule has 2 aliphatic rings. The highest BCUT2D eigenvalue weighted by Crippen LogP contribution is 2.53. The third kappa shape index (κ3) is 6.30. The van der Waals surface area contributed by atoms with Crippen LogP contribution in [0.5, 0.6) is 17.2 Å². The molecule has 2 aromatic rings. The van der Waals surface area contributed by atoms with Crippen LogP contribution in [0.1, 0.15) is 89.5 Å². The average Bonchev–Trinajstić information content (AvgIpc) is 2.88. The van der Waals surface area contributed by atoms with E-state index in [2.05, 4.69) is 46.8 Å². The quantitative estimate of drug-likeness (QED) is 0.257. The molecule has 1 heterocycles. The van der Waals surface area contributed by atoms with Gasteiger partial charge in [-0.05, 0) is 113 Å². The number of phenols is 1. The van der Waals surface area contributed by atoms with Crippen LogP contribution in [0.3, 0.4) is 0 Å². The normalized spacial score (nSPS) is 23.8. The van der Waals surface area contributed by atoms with Crippen LogP contribution in [0, 0.1) is 17.2 Å². The van der Waals surface area contributed by atoms with Crippen molar-refractivity contribution in [3.63, 3.8) is 0 Å². The van der Waals surface area contributed by atoms with E-state index in [4.69, 9.17) is 9.47 Å². The minimum Gasteiger partial charge on any atom is -0.507 e. The van der Waals surface area contributed by atoms with Crippen LogP contribution in [-0.2, 0) is 12.8 Å². The van der Waals surface area contributed by atoms with Gasteiger partial charge in [0.1, 0.15) is 17.1 Å². The maximum atomic E-state index is 15.3. The van der Waals surface area contributed by atoms with Crippen LogP contribution in [0.25, 0.3) is 12.2 Å². The molecular weight excluding hydrogens is 503 g/mol. The molecule has 5 heteroatoms. The molecule has 1 saturated carbocycles. The van der Waals surface area contributed by atoms with Gasteiger partial charge in [-0.1, -0.05) is 49.3 Å². The number of aromatic hydroxyl groups is 1. The van der Waals surface area contributed by atoms with E-state index < -0.39 is 11.7 Å². The van der Waals surface area contributed by atoms with Crippen molar-refractivity contribution in [2.75, 3.05) is 7.11 Å². The summed E-state index contributed by atoms with van der Waals surface area (Å²) in [4.78, 5) is 0. The molecule has 0 spiro atoms. The fourth-order valence-corrected chi connectivity index (χ4v) is 6.37. The second-order valence-corrected chi connectivity index (χ2v) is 12.7. The zero-order valence-corrected chi connectivity index (χ0v) is 25.1. The number of halogens is 1. The molecule has 1 aliphatic heterocycles. The summed E-state index contributed by atoms with van der Waals surface area (Å²) in [6, 6.07) is 7.08. The van der Waals surface area contributed by atoms with Gasteiger partial charge in [-0.2, -0.15) is 0 Å². The van der Waals surface area contributed by atoms with Gasteiger partial charge in [0.05, 0.1) is 13.2 Å². The Morgan fingerprint density at radius 2 is 1.77 bits per heavy atom. The zero-order valence-electron chi connectivity index (χ0n) is 25.1. The molecule has 4 rings (SSSR count). The van der Waals surface area contributed by atoms with E-state index in [1.165, 1.54) is 17.2 Å². The van der Waals surface area contributed by atoms with Crippen LogP contribution in [0.15, 0.2) is 47.6 Å². The number of benzene rings is 2. The highest BCUT2D eigenvalue weighted by molar-refractivity contribution is 5.72. The lowest BCUT2D eigenvalue weighted by Gasteiger charge is -2.55. The third-order valence-electron chi connectivity index (χ3n) is 8.95. The van der Waals surface area contributed by atoms with Crippen molar-refractivity contribution in [3.05, 3.63) is 75.6 Å². The van der Waals surface area contributed by atoms with Crippen LogP contribution < -0.4 is 9.47 Å². The molecule has 0 aromatic heterocycles. The van der Waals surface area contributed by atoms with Crippen LogP contribution in [-0.4, -0.2) is 29.0 Å². The van der Waals surface area contributed by atoms with Crippen LogP contribution in [0.2, 0.25) is 0 Å². The molecule has 216 valence electrons. The second kappa shape index (κ2) is 11.8. The maximum Gasteiger partial charge on any atom is 0.165 e. The molecule has 0 radical (unpaired) electrons. The van der Waals surface area contributed by atoms with Gasteiger partial charge in [0.15, 0.2) is 11.6 Å². The molecule has 0 bridgehead atoms. The summed E-state index contributed by atoms with van der Waals surface area (Å²) in [6.45, 7) is 12.5. The fourth-order valence-electron chi connectivity index (χ4n) is 6.37. The van der Waals surface area contributed by atoms with Gasteiger partial charge in [-0.25, -0.2) is 4.39 Å². The van der Waals surface area contributed by atoms with Crippen LogP contribution >= 0.6 is 0 Å². The number of hydrogen-bond acceptors (Lipinski definition) is 4. The minimum atomic E-state index is -0.497. The Kier molecular flexibility index (Phi) is 8.84. The van der Waals surface area contributed by atoms with E-state index in [-0.39, 0.29) is 22.9 Å². The molecule has 4 nitrogen and oxygen atoms in total. The van der Waals surface area contributed by atoms with Gasteiger partial charge in [-0.3, -0.25) is 0 Å². The SMILES string of the molecule is COc1cc(/C=C/c2cc(F)c3c(c2)C[C@@H]2C(C)(C)[C@H](O)CC[C@@]2(C)O3)cc(O)c1C/C=C(\C)CCC=C(C)C. The molecule has 0 amide bonds. The number of hydrogen-bond donors (Lipinski definition) is 2. The van der Waals surface area contributed by atoms with Crippen molar-refractivity contribution in [3.8, 4) is 17.2 Å². The summed E-state index contributed by atoms with van der Waals surface area (Å²) >= 11 is 0. The molecule has 40 heavy (non-hydrogen) atoms. The first-order chi connectivity index (χ1) is 18.8. The predicted octanol–water partition coefficient (Wildman–Crippen LogP) is 8.44. The lowest BCUT2D eigenvalue weighted by molar-refractivity contribution is -0.138. The van der Waals surface area contributed by atoms with Crippen molar-refractivity contribution in [2.24, 2.45) is 11.3 Å². The average molecular weight is 549 g/mol. The predicted molar refractivity (Wildman–Crippen MR) is 161 cm³/mol. The number of phenolic OH excluding ortho intramolecular Hbond substituents is 1. The van der Waals surface area contributed by atoms with E-state index in [1.807, 2.05) is 31.2 Å². The van der Waals surface area contributed by atoms with Gasteiger partial charge < -0.3 is 19.7 Å². The summed E-state index contributed by atoms with van der Waals surface area (Å²) in [7, 11) is 1.60. The highest BCUT2D eigenvalue weighted by Gasteiger charge is 2.54.